The van der Waals surface area contributed by atoms with Gasteiger partial charge in [0.15, 0.2) is 0 Å². The fourth-order valence-corrected chi connectivity index (χ4v) is 1.28. The average molecular weight is 161 g/mol. The van der Waals surface area contributed by atoms with E-state index in [4.69, 9.17) is 0 Å². The van der Waals surface area contributed by atoms with Crippen LogP contribution in [-0.4, -0.2) is 24.0 Å². The number of nitrogens with zero attached hydrogens (tertiary/aromatic N) is 3. The molecule has 0 saturated carbocycles. The Kier molecular flexibility index (Phi) is 1.50. The van der Waals surface area contributed by atoms with Gasteiger partial charge in [-0.05, 0) is 6.07 Å². The number of hydrogen-bond donors (Lipinski definition) is 0. The molecule has 2 rings (SSSR count). The van der Waals surface area contributed by atoms with Crippen molar-refractivity contribution in [2.45, 2.75) is 0 Å². The first-order chi connectivity index (χ1) is 5.79. The first kappa shape index (κ1) is 7.16. The van der Waals surface area contributed by atoms with Crippen molar-refractivity contribution >= 4 is 10.9 Å². The second-order valence-electron chi connectivity index (χ2n) is 2.94. The zero-order valence-electron chi connectivity index (χ0n) is 7.23. The maximum atomic E-state index is 4.24. The van der Waals surface area contributed by atoms with Crippen LogP contribution in [0.25, 0.3) is 10.9 Å². The quantitative estimate of drug-likeness (QED) is 0.627. The third-order valence-electron chi connectivity index (χ3n) is 1.84. The molecule has 0 atom stereocenters. The number of para-hydroxylation sites is 1. The van der Waals surface area contributed by atoms with E-state index >= 15 is 0 Å². The molecule has 0 aliphatic carbocycles. The van der Waals surface area contributed by atoms with Gasteiger partial charge in [0.25, 0.3) is 0 Å². The van der Waals surface area contributed by atoms with Gasteiger partial charge in [0.1, 0.15) is 0 Å². The molecule has 3 nitrogen and oxygen atoms in total. The smallest absolute Gasteiger partial charge is 0.0920 e. The van der Waals surface area contributed by atoms with Crippen LogP contribution in [0.2, 0.25) is 0 Å². The largest absolute Gasteiger partial charge is 0.303 e. The molecule has 0 aliphatic heterocycles. The SMILES string of the molecule is CN(C)n1ncc2ccccc21. The summed E-state index contributed by atoms with van der Waals surface area (Å²) < 4.78 is 0. The van der Waals surface area contributed by atoms with E-state index in [1.807, 2.05) is 42.2 Å². The van der Waals surface area contributed by atoms with E-state index in [0.717, 1.165) is 5.52 Å². The maximum Gasteiger partial charge on any atom is 0.0920 e. The molecule has 0 saturated heterocycles. The van der Waals surface area contributed by atoms with E-state index in [-0.39, 0.29) is 0 Å². The molecular formula is C9H11N3. The van der Waals surface area contributed by atoms with Crippen molar-refractivity contribution in [3.63, 3.8) is 0 Å². The summed E-state index contributed by atoms with van der Waals surface area (Å²) in [4.78, 5) is 1.87. The topological polar surface area (TPSA) is 21.1 Å². The Labute approximate surface area is 71.2 Å². The van der Waals surface area contributed by atoms with E-state index in [0.29, 0.717) is 0 Å². The third kappa shape index (κ3) is 0.942. The van der Waals surface area contributed by atoms with Gasteiger partial charge in [0.05, 0.1) is 11.7 Å². The van der Waals surface area contributed by atoms with Gasteiger partial charge in [-0.1, -0.05) is 18.2 Å². The highest BCUT2D eigenvalue weighted by Gasteiger charge is 2.00. The summed E-state index contributed by atoms with van der Waals surface area (Å²) in [6.07, 6.45) is 1.87. The summed E-state index contributed by atoms with van der Waals surface area (Å²) in [6, 6.07) is 8.15. The Balaban J connectivity index is 2.70. The van der Waals surface area contributed by atoms with Crippen molar-refractivity contribution in [1.29, 1.82) is 0 Å². The molecule has 1 aromatic heterocycles. The average Bonchev–Trinajstić information content (AvgIpc) is 2.47. The number of fused-ring (bicyclic) bond motifs is 1. The molecule has 0 aliphatic rings. The van der Waals surface area contributed by atoms with Gasteiger partial charge in [-0.3, -0.25) is 0 Å². The fourth-order valence-electron chi connectivity index (χ4n) is 1.28. The second kappa shape index (κ2) is 2.52. The van der Waals surface area contributed by atoms with E-state index in [9.17, 15) is 0 Å². The highest BCUT2D eigenvalue weighted by atomic mass is 15.6. The summed E-state index contributed by atoms with van der Waals surface area (Å²) in [6.45, 7) is 0. The Morgan fingerprint density at radius 2 is 2.00 bits per heavy atom. The Morgan fingerprint density at radius 3 is 2.75 bits per heavy atom. The van der Waals surface area contributed by atoms with Gasteiger partial charge in [0, 0.05) is 19.5 Å². The van der Waals surface area contributed by atoms with Gasteiger partial charge in [-0.25, -0.2) is 0 Å². The van der Waals surface area contributed by atoms with Crippen LogP contribution in [0.1, 0.15) is 0 Å². The number of benzene rings is 1. The standard InChI is InChI=1S/C9H11N3/c1-11(2)12-9-6-4-3-5-8(9)7-10-12/h3-7H,1-2H3. The molecular weight excluding hydrogens is 150 g/mol. The Hall–Kier alpha value is -1.51. The van der Waals surface area contributed by atoms with Crippen molar-refractivity contribution in [3.8, 4) is 0 Å². The maximum absolute atomic E-state index is 4.24. The van der Waals surface area contributed by atoms with Crippen LogP contribution in [-0.2, 0) is 0 Å². The molecule has 3 heteroatoms. The van der Waals surface area contributed by atoms with Crippen LogP contribution in [0, 0.1) is 0 Å². The molecule has 0 spiro atoms. The van der Waals surface area contributed by atoms with Crippen LogP contribution < -0.4 is 5.01 Å². The lowest BCUT2D eigenvalue weighted by molar-refractivity contribution is 0.661. The highest BCUT2D eigenvalue weighted by molar-refractivity contribution is 5.78. The predicted molar refractivity (Wildman–Crippen MR) is 49.8 cm³/mol. The van der Waals surface area contributed by atoms with E-state index < -0.39 is 0 Å². The zero-order chi connectivity index (χ0) is 8.55. The molecule has 2 aromatic rings. The summed E-state index contributed by atoms with van der Waals surface area (Å²) in [5, 5.41) is 7.36. The molecule has 0 bridgehead atoms. The minimum atomic E-state index is 1.14. The Bertz CT molecular complexity index is 389. The van der Waals surface area contributed by atoms with Crippen LogP contribution in [0.15, 0.2) is 30.5 Å². The van der Waals surface area contributed by atoms with Crippen molar-refractivity contribution in [2.75, 3.05) is 19.1 Å². The lowest BCUT2D eigenvalue weighted by Gasteiger charge is -2.12. The molecule has 1 aromatic carbocycles. The lowest BCUT2D eigenvalue weighted by atomic mass is 10.3. The first-order valence-electron chi connectivity index (χ1n) is 3.89. The predicted octanol–water partition coefficient (Wildman–Crippen LogP) is 1.23. The van der Waals surface area contributed by atoms with Crippen molar-refractivity contribution in [2.24, 2.45) is 0 Å². The number of hydrogen-bond acceptors (Lipinski definition) is 2. The number of rotatable bonds is 1. The van der Waals surface area contributed by atoms with Crippen LogP contribution >= 0.6 is 0 Å². The van der Waals surface area contributed by atoms with Crippen LogP contribution in [0.4, 0.5) is 0 Å². The second-order valence-corrected chi connectivity index (χ2v) is 2.94. The Morgan fingerprint density at radius 1 is 1.25 bits per heavy atom. The fraction of sp³-hybridized carbons (Fsp3) is 0.222. The van der Waals surface area contributed by atoms with E-state index in [1.54, 1.807) is 0 Å². The van der Waals surface area contributed by atoms with Gasteiger partial charge in [-0.15, -0.1) is 0 Å². The molecule has 0 N–H and O–H groups in total. The molecule has 12 heavy (non-hydrogen) atoms. The minimum absolute atomic E-state index is 1.14. The van der Waals surface area contributed by atoms with Crippen LogP contribution in [0.5, 0.6) is 0 Å². The summed E-state index contributed by atoms with van der Waals surface area (Å²) in [5.41, 5.74) is 1.14. The summed E-state index contributed by atoms with van der Waals surface area (Å²) in [5.74, 6) is 0. The molecule has 0 amide bonds. The summed E-state index contributed by atoms with van der Waals surface area (Å²) >= 11 is 0. The zero-order valence-corrected chi connectivity index (χ0v) is 7.23. The molecule has 0 fully saturated rings. The normalized spacial score (nSPS) is 10.5. The molecule has 62 valence electrons. The minimum Gasteiger partial charge on any atom is -0.303 e. The van der Waals surface area contributed by atoms with Crippen molar-refractivity contribution < 1.29 is 0 Å². The molecule has 0 unspecified atom stereocenters. The monoisotopic (exact) mass is 161 g/mol. The van der Waals surface area contributed by atoms with Crippen molar-refractivity contribution in [1.82, 2.24) is 9.89 Å². The van der Waals surface area contributed by atoms with Crippen LogP contribution in [0.3, 0.4) is 0 Å². The number of aromatic nitrogens is 2. The van der Waals surface area contributed by atoms with Crippen molar-refractivity contribution in [3.05, 3.63) is 30.5 Å². The third-order valence-corrected chi connectivity index (χ3v) is 1.84. The van der Waals surface area contributed by atoms with Gasteiger partial charge in [-0.2, -0.15) is 9.89 Å². The molecule has 0 radical (unpaired) electrons. The van der Waals surface area contributed by atoms with Gasteiger partial charge >= 0.3 is 0 Å². The molecule has 1 heterocycles. The lowest BCUT2D eigenvalue weighted by Crippen LogP contribution is -2.25. The highest BCUT2D eigenvalue weighted by Crippen LogP contribution is 2.11. The first-order valence-corrected chi connectivity index (χ1v) is 3.89. The van der Waals surface area contributed by atoms with E-state index in [2.05, 4.69) is 17.2 Å². The van der Waals surface area contributed by atoms with Gasteiger partial charge in [0.2, 0.25) is 0 Å². The van der Waals surface area contributed by atoms with E-state index in [1.165, 1.54) is 5.39 Å². The summed E-state index contributed by atoms with van der Waals surface area (Å²) in [7, 11) is 3.94. The van der Waals surface area contributed by atoms with Gasteiger partial charge < -0.3 is 5.01 Å².